The van der Waals surface area contributed by atoms with Gasteiger partial charge in [0.25, 0.3) is 0 Å². The number of allylic oxidation sites excluding steroid dienone is 4. The van der Waals surface area contributed by atoms with E-state index in [2.05, 4.69) is 18.2 Å². The fourth-order valence-electron chi connectivity index (χ4n) is 0.682. The van der Waals surface area contributed by atoms with Crippen LogP contribution in [0.2, 0.25) is 0 Å². The van der Waals surface area contributed by atoms with E-state index < -0.39 is 0 Å². The summed E-state index contributed by atoms with van der Waals surface area (Å²) >= 11 is 0. The molecule has 0 saturated carbocycles. The van der Waals surface area contributed by atoms with Crippen molar-refractivity contribution in [2.24, 2.45) is 0 Å². The van der Waals surface area contributed by atoms with Crippen molar-refractivity contribution in [2.45, 2.75) is 6.42 Å². The molecule has 0 spiro atoms. The molecule has 0 fully saturated rings. The first kappa shape index (κ1) is 15.2. The zero-order valence-electron chi connectivity index (χ0n) is 7.23. The summed E-state index contributed by atoms with van der Waals surface area (Å²) in [5.41, 5.74) is 0. The second-order valence-electron chi connectivity index (χ2n) is 2.08. The van der Waals surface area contributed by atoms with E-state index in [0.29, 0.717) is 0 Å². The van der Waals surface area contributed by atoms with Crippen molar-refractivity contribution in [1.29, 1.82) is 0 Å². The molecule has 0 N–H and O–H groups in total. The Labute approximate surface area is 101 Å². The molecule has 13 heavy (non-hydrogen) atoms. The average molecular weight is 227 g/mol. The van der Waals surface area contributed by atoms with Gasteiger partial charge < -0.3 is 0 Å². The Morgan fingerprint density at radius 3 is 1.85 bits per heavy atom. The van der Waals surface area contributed by atoms with Crippen molar-refractivity contribution >= 4 is 12.4 Å². The summed E-state index contributed by atoms with van der Waals surface area (Å²) in [6.45, 7) is 0. The largest absolute Gasteiger partial charge is 2.00 e. The predicted octanol–water partition coefficient (Wildman–Crippen LogP) is 3.21. The van der Waals surface area contributed by atoms with Crippen LogP contribution in [0.25, 0.3) is 0 Å². The summed E-state index contributed by atoms with van der Waals surface area (Å²) in [5, 5.41) is 0. The van der Waals surface area contributed by atoms with E-state index in [9.17, 15) is 0 Å². The van der Waals surface area contributed by atoms with Gasteiger partial charge in [-0.1, -0.05) is 0 Å². The molecule has 0 aliphatic heterocycles. The van der Waals surface area contributed by atoms with Gasteiger partial charge in [-0.3, -0.25) is 6.08 Å². The van der Waals surface area contributed by atoms with Crippen molar-refractivity contribution in [1.82, 2.24) is 0 Å². The number of hydrogen-bond acceptors (Lipinski definition) is 0. The van der Waals surface area contributed by atoms with Gasteiger partial charge in [-0.15, -0.1) is 18.8 Å². The third-order valence-corrected chi connectivity index (χ3v) is 1.19. The number of rotatable bonds is 0. The van der Waals surface area contributed by atoms with Gasteiger partial charge in [0.05, 0.1) is 0 Å². The molecule has 0 amide bonds. The van der Waals surface area contributed by atoms with Crippen LogP contribution in [-0.2, 0) is 21.7 Å². The Bertz CT molecular complexity index is 192. The van der Waals surface area contributed by atoms with Gasteiger partial charge in [0, 0.05) is 0 Å². The smallest absolute Gasteiger partial charge is 0.273 e. The first-order valence-corrected chi connectivity index (χ1v) is 3.63. The molecule has 0 atom stereocenters. The van der Waals surface area contributed by atoms with Crippen molar-refractivity contribution in [3.05, 3.63) is 60.7 Å². The van der Waals surface area contributed by atoms with E-state index in [1.165, 1.54) is 0 Å². The molecule has 0 nitrogen and oxygen atoms in total. The van der Waals surface area contributed by atoms with Gasteiger partial charge in [0.15, 0.2) is 0 Å². The molecule has 0 aromatic heterocycles. The normalized spacial score (nSPS) is 10.5. The van der Waals surface area contributed by atoms with Gasteiger partial charge in [-0.05, 0) is 0 Å². The van der Waals surface area contributed by atoms with E-state index in [1.807, 2.05) is 42.5 Å². The van der Waals surface area contributed by atoms with Crippen LogP contribution >= 0.6 is 12.4 Å². The fraction of sp³-hybridized carbons (Fsp3) is 0.0909. The third-order valence-electron chi connectivity index (χ3n) is 1.19. The Morgan fingerprint density at radius 2 is 1.69 bits per heavy atom. The van der Waals surface area contributed by atoms with Crippen LogP contribution in [0.4, 0.5) is 0 Å². The minimum atomic E-state index is 0. The Morgan fingerprint density at radius 1 is 1.00 bits per heavy atom. The molecule has 0 saturated heterocycles. The fourth-order valence-corrected chi connectivity index (χ4v) is 0.682. The Hall–Kier alpha value is -0.296. The Balaban J connectivity index is 0. The van der Waals surface area contributed by atoms with Crippen LogP contribution in [0.15, 0.2) is 48.6 Å². The van der Waals surface area contributed by atoms with Crippen LogP contribution in [0.1, 0.15) is 6.42 Å². The van der Waals surface area contributed by atoms with Crippen LogP contribution in [0.5, 0.6) is 0 Å². The second-order valence-corrected chi connectivity index (χ2v) is 2.08. The van der Waals surface area contributed by atoms with Crippen LogP contribution < -0.4 is 0 Å². The van der Waals surface area contributed by atoms with Crippen molar-refractivity contribution in [3.8, 4) is 0 Å². The van der Waals surface area contributed by atoms with Crippen LogP contribution in [0, 0.1) is 12.1 Å². The minimum Gasteiger partial charge on any atom is -0.273 e. The van der Waals surface area contributed by atoms with Crippen LogP contribution in [0.3, 0.4) is 0 Å². The van der Waals surface area contributed by atoms with E-state index >= 15 is 0 Å². The Kier molecular flexibility index (Phi) is 13.7. The van der Waals surface area contributed by atoms with E-state index in [1.54, 1.807) is 0 Å². The van der Waals surface area contributed by atoms with Crippen molar-refractivity contribution in [2.75, 3.05) is 0 Å². The first-order valence-electron chi connectivity index (χ1n) is 3.63. The number of benzene rings is 1. The zero-order valence-corrected chi connectivity index (χ0v) is 9.61. The summed E-state index contributed by atoms with van der Waals surface area (Å²) in [5.74, 6) is 0. The maximum atomic E-state index is 2.99. The maximum Gasteiger partial charge on any atom is 2.00 e. The summed E-state index contributed by atoms with van der Waals surface area (Å²) < 4.78 is 0. The summed E-state index contributed by atoms with van der Waals surface area (Å²) in [6.07, 6.45) is 10.0. The summed E-state index contributed by atoms with van der Waals surface area (Å²) in [4.78, 5) is 0. The van der Waals surface area contributed by atoms with Gasteiger partial charge in [0.2, 0.25) is 0 Å². The maximum absolute atomic E-state index is 2.99. The van der Waals surface area contributed by atoms with E-state index in [-0.39, 0.29) is 34.1 Å². The quantitative estimate of drug-likeness (QED) is 0.471. The molecular weight excluding hydrogens is 215 g/mol. The molecule has 66 valence electrons. The molecule has 2 heteroatoms. The van der Waals surface area contributed by atoms with Gasteiger partial charge in [-0.25, -0.2) is 12.2 Å². The average Bonchev–Trinajstić information content (AvgIpc) is 2.64. The molecule has 1 aromatic rings. The molecule has 0 radical (unpaired) electrons. The molecule has 1 aromatic carbocycles. The SMILES string of the molecule is Cl.[C-]1=CC=CC1.[Ti+2].[c-]1ccccc1. The van der Waals surface area contributed by atoms with Crippen molar-refractivity contribution in [3.63, 3.8) is 0 Å². The predicted molar refractivity (Wildman–Crippen MR) is 54.1 cm³/mol. The summed E-state index contributed by atoms with van der Waals surface area (Å²) in [6, 6.07) is 12.5. The number of halogens is 1. The van der Waals surface area contributed by atoms with Crippen LogP contribution in [-0.4, -0.2) is 0 Å². The van der Waals surface area contributed by atoms with Crippen molar-refractivity contribution < 1.29 is 21.7 Å². The zero-order chi connectivity index (χ0) is 7.78. The molecule has 0 heterocycles. The molecule has 1 aliphatic carbocycles. The molecular formula is C11H11ClTi. The molecule has 1 aliphatic rings. The first-order chi connectivity index (χ1) is 5.50. The topological polar surface area (TPSA) is 0 Å². The summed E-state index contributed by atoms with van der Waals surface area (Å²) in [7, 11) is 0. The number of hydrogen-bond donors (Lipinski definition) is 0. The van der Waals surface area contributed by atoms with Gasteiger partial charge in [-0.2, -0.15) is 42.5 Å². The second kappa shape index (κ2) is 11.7. The third kappa shape index (κ3) is 9.62. The van der Waals surface area contributed by atoms with E-state index in [4.69, 9.17) is 0 Å². The molecule has 0 unspecified atom stereocenters. The van der Waals surface area contributed by atoms with Gasteiger partial charge >= 0.3 is 21.7 Å². The standard InChI is InChI=1S/C6H5.C5H5.ClH.Ti/c1-2-4-6-5-3-1;1-2-4-5-3-1;;/h1-5H;1-3H,4H2;1H;/q2*-1;;+2. The van der Waals surface area contributed by atoms with Gasteiger partial charge in [0.1, 0.15) is 0 Å². The monoisotopic (exact) mass is 226 g/mol. The van der Waals surface area contributed by atoms with E-state index in [0.717, 1.165) is 6.42 Å². The molecule has 0 bridgehead atoms. The molecule has 2 rings (SSSR count). The minimum absolute atomic E-state index is 0.